The molecule has 4 heteroatoms. The van der Waals surface area contributed by atoms with Crippen molar-refractivity contribution < 1.29 is 0 Å². The van der Waals surface area contributed by atoms with Gasteiger partial charge in [-0.2, -0.15) is 0 Å². The summed E-state index contributed by atoms with van der Waals surface area (Å²) in [6.45, 7) is 2.01. The highest BCUT2D eigenvalue weighted by Crippen LogP contribution is 2.40. The molecule has 0 spiro atoms. The summed E-state index contributed by atoms with van der Waals surface area (Å²) in [7, 11) is 0. The summed E-state index contributed by atoms with van der Waals surface area (Å²) in [6, 6.07) is 79.3. The summed E-state index contributed by atoms with van der Waals surface area (Å²) in [5.41, 5.74) is 14.1. The summed E-state index contributed by atoms with van der Waals surface area (Å²) in [5, 5.41) is 0. The van der Waals surface area contributed by atoms with Gasteiger partial charge in [-0.1, -0.05) is 139 Å². The molecule has 65 heavy (non-hydrogen) atoms. The lowest BCUT2D eigenvalue weighted by Gasteiger charge is -2.35. The molecule has 0 N–H and O–H groups in total. The molecule has 1 unspecified atom stereocenters. The Bertz CT molecular complexity index is 2890. The van der Waals surface area contributed by atoms with Gasteiger partial charge in [0, 0.05) is 63.0 Å². The van der Waals surface area contributed by atoms with Gasteiger partial charge in [-0.15, -0.1) is 6.42 Å². The molecule has 0 fully saturated rings. The van der Waals surface area contributed by atoms with Crippen LogP contribution in [-0.2, 0) is 0 Å². The van der Waals surface area contributed by atoms with E-state index in [4.69, 9.17) is 6.42 Å². The highest BCUT2D eigenvalue weighted by atomic mass is 15.2. The van der Waals surface area contributed by atoms with Gasteiger partial charge in [-0.3, -0.25) is 0 Å². The molecule has 1 aliphatic rings. The third-order valence-corrected chi connectivity index (χ3v) is 11.5. The Morgan fingerprint density at radius 3 is 1.32 bits per heavy atom. The molecule has 0 heterocycles. The van der Waals surface area contributed by atoms with E-state index in [1.54, 1.807) is 0 Å². The van der Waals surface area contributed by atoms with Crippen LogP contribution in [0.2, 0.25) is 0 Å². The molecule has 314 valence electrons. The first-order valence-electron chi connectivity index (χ1n) is 22.1. The fourth-order valence-corrected chi connectivity index (χ4v) is 8.54. The lowest BCUT2D eigenvalue weighted by molar-refractivity contribution is 0.777. The summed E-state index contributed by atoms with van der Waals surface area (Å²) >= 11 is 0. The first kappa shape index (κ1) is 41.8. The largest absolute Gasteiger partial charge is 0.334 e. The molecular formula is C61H50N4. The van der Waals surface area contributed by atoms with Crippen LogP contribution in [0.5, 0.6) is 0 Å². The first-order chi connectivity index (χ1) is 32.2. The molecule has 0 bridgehead atoms. The van der Waals surface area contributed by atoms with E-state index in [9.17, 15) is 0 Å². The summed E-state index contributed by atoms with van der Waals surface area (Å²) in [5.74, 6) is 2.74. The van der Waals surface area contributed by atoms with Crippen molar-refractivity contribution >= 4 is 51.2 Å². The van der Waals surface area contributed by atoms with E-state index in [1.807, 2.05) is 43.4 Å². The van der Waals surface area contributed by atoms with E-state index >= 15 is 0 Å². The van der Waals surface area contributed by atoms with Crippen LogP contribution < -0.4 is 19.6 Å². The molecule has 0 saturated carbocycles. The molecule has 4 nitrogen and oxygen atoms in total. The average molecular weight is 839 g/mol. The Morgan fingerprint density at radius 1 is 0.462 bits per heavy atom. The third-order valence-electron chi connectivity index (χ3n) is 11.5. The van der Waals surface area contributed by atoms with Crippen LogP contribution in [-0.4, -0.2) is 6.04 Å². The fraction of sp³-hybridized carbons (Fsp3) is 0.0492. The second-order valence-corrected chi connectivity index (χ2v) is 15.7. The topological polar surface area (TPSA) is 13.0 Å². The molecule has 8 aromatic carbocycles. The summed E-state index contributed by atoms with van der Waals surface area (Å²) < 4.78 is 0. The fourth-order valence-electron chi connectivity index (χ4n) is 8.54. The van der Waals surface area contributed by atoms with Gasteiger partial charge in [0.15, 0.2) is 0 Å². The van der Waals surface area contributed by atoms with Gasteiger partial charge in [0.05, 0.1) is 11.7 Å². The predicted molar refractivity (Wildman–Crippen MR) is 276 cm³/mol. The maximum atomic E-state index is 5.83. The zero-order valence-corrected chi connectivity index (χ0v) is 36.5. The van der Waals surface area contributed by atoms with Gasteiger partial charge < -0.3 is 19.6 Å². The van der Waals surface area contributed by atoms with Crippen molar-refractivity contribution in [1.82, 2.24) is 0 Å². The Hall–Kier alpha value is -8.52. The van der Waals surface area contributed by atoms with E-state index in [0.29, 0.717) is 0 Å². The molecule has 0 aliphatic heterocycles. The van der Waals surface area contributed by atoms with Gasteiger partial charge in [-0.25, -0.2) is 0 Å². The van der Waals surface area contributed by atoms with Gasteiger partial charge in [0.25, 0.3) is 0 Å². The molecule has 9 rings (SSSR count). The Labute approximate surface area is 384 Å². The van der Waals surface area contributed by atoms with E-state index < -0.39 is 0 Å². The smallest absolute Gasteiger partial charge is 0.0561 e. The standard InChI is InChI=1S/C61H50N4/c1-3-20-50(21-4-2)62(51-24-12-6-13-25-51)56-36-40-58(41-37-56)64(54-30-18-9-19-31-54)59-42-46-61(47-43-59)65(55-34-32-49(33-35-55)48-22-10-5-11-23-48)60-44-38-57(39-45-60)63(52-26-14-7-15-27-52)53-28-16-8-17-29-53/h1,4-46,61H,47H2,2H3/b21-4-,50-20+. The minimum atomic E-state index is 0.0546. The lowest BCUT2D eigenvalue weighted by Crippen LogP contribution is -2.31. The number of anilines is 9. The van der Waals surface area contributed by atoms with Crippen LogP contribution >= 0.6 is 0 Å². The lowest BCUT2D eigenvalue weighted by atomic mass is 10.0. The Morgan fingerprint density at radius 2 is 0.846 bits per heavy atom. The van der Waals surface area contributed by atoms with E-state index in [1.165, 1.54) is 11.1 Å². The average Bonchev–Trinajstić information content (AvgIpc) is 3.38. The van der Waals surface area contributed by atoms with Crippen LogP contribution in [0, 0.1) is 12.3 Å². The number of para-hydroxylation sites is 4. The van der Waals surface area contributed by atoms with Crippen molar-refractivity contribution in [1.29, 1.82) is 0 Å². The maximum absolute atomic E-state index is 5.83. The van der Waals surface area contributed by atoms with Crippen LogP contribution in [0.15, 0.2) is 272 Å². The number of allylic oxidation sites excluding steroid dienone is 4. The second-order valence-electron chi connectivity index (χ2n) is 15.7. The minimum absolute atomic E-state index is 0.0546. The summed E-state index contributed by atoms with van der Waals surface area (Å²) in [6.07, 6.45) is 19.5. The minimum Gasteiger partial charge on any atom is -0.334 e. The van der Waals surface area contributed by atoms with E-state index in [0.717, 1.165) is 69.0 Å². The molecule has 0 amide bonds. The number of terminal acetylenes is 1. The molecule has 0 saturated heterocycles. The van der Waals surface area contributed by atoms with Crippen molar-refractivity contribution in [3.63, 3.8) is 0 Å². The number of nitrogens with zero attached hydrogens (tertiary/aromatic N) is 4. The molecular weight excluding hydrogens is 789 g/mol. The first-order valence-corrected chi connectivity index (χ1v) is 22.1. The number of benzene rings is 8. The van der Waals surface area contributed by atoms with Crippen molar-refractivity contribution in [3.8, 4) is 23.5 Å². The van der Waals surface area contributed by atoms with Gasteiger partial charge in [-0.05, 0) is 146 Å². The molecule has 1 atom stereocenters. The number of hydrogen-bond donors (Lipinski definition) is 0. The number of rotatable bonds is 14. The van der Waals surface area contributed by atoms with Crippen molar-refractivity contribution in [3.05, 3.63) is 272 Å². The molecule has 0 aromatic heterocycles. The van der Waals surface area contributed by atoms with Gasteiger partial charge in [0.1, 0.15) is 0 Å². The van der Waals surface area contributed by atoms with Crippen LogP contribution in [0.4, 0.5) is 51.2 Å². The monoisotopic (exact) mass is 838 g/mol. The zero-order chi connectivity index (χ0) is 44.2. The predicted octanol–water partition coefficient (Wildman–Crippen LogP) is 16.2. The SMILES string of the molecule is C#C/C=C(\C=C/C)N(c1ccccc1)c1ccc(N(C2=CCC(N(c3ccc(-c4ccccc4)cc3)c3ccc(N(c4ccccc4)c4ccccc4)cc3)C=C2)c2ccccc2)cc1. The van der Waals surface area contributed by atoms with Crippen LogP contribution in [0.1, 0.15) is 13.3 Å². The van der Waals surface area contributed by atoms with Crippen molar-refractivity contribution in [2.75, 3.05) is 19.6 Å². The maximum Gasteiger partial charge on any atom is 0.0561 e. The van der Waals surface area contributed by atoms with Crippen molar-refractivity contribution in [2.45, 2.75) is 19.4 Å². The van der Waals surface area contributed by atoms with E-state index in [2.05, 4.69) is 250 Å². The normalized spacial score (nSPS) is 13.4. The third kappa shape index (κ3) is 9.46. The highest BCUT2D eigenvalue weighted by Gasteiger charge is 2.24. The summed E-state index contributed by atoms with van der Waals surface area (Å²) in [4.78, 5) is 9.29. The van der Waals surface area contributed by atoms with Gasteiger partial charge in [0.2, 0.25) is 0 Å². The van der Waals surface area contributed by atoms with Crippen LogP contribution in [0.3, 0.4) is 0 Å². The van der Waals surface area contributed by atoms with Crippen molar-refractivity contribution in [2.24, 2.45) is 0 Å². The van der Waals surface area contributed by atoms with E-state index in [-0.39, 0.29) is 6.04 Å². The van der Waals surface area contributed by atoms with Crippen LogP contribution in [0.25, 0.3) is 11.1 Å². The zero-order valence-electron chi connectivity index (χ0n) is 36.5. The molecule has 0 radical (unpaired) electrons. The molecule has 8 aromatic rings. The Balaban J connectivity index is 1.06. The highest BCUT2D eigenvalue weighted by molar-refractivity contribution is 5.80. The Kier molecular flexibility index (Phi) is 12.9. The quantitative estimate of drug-likeness (QED) is 0.0799. The second kappa shape index (κ2) is 20.1. The number of hydrogen-bond acceptors (Lipinski definition) is 4. The van der Waals surface area contributed by atoms with Gasteiger partial charge >= 0.3 is 0 Å². The molecule has 1 aliphatic carbocycles.